The third-order valence-electron chi connectivity index (χ3n) is 6.30. The van der Waals surface area contributed by atoms with Crippen LogP contribution in [0.4, 0.5) is 10.5 Å². The van der Waals surface area contributed by atoms with Crippen LogP contribution in [0.3, 0.4) is 0 Å². The van der Waals surface area contributed by atoms with E-state index in [1.807, 2.05) is 36.2 Å². The van der Waals surface area contributed by atoms with Gasteiger partial charge in [-0.25, -0.2) is 4.79 Å². The minimum atomic E-state index is -0.0860. The zero-order valence-electron chi connectivity index (χ0n) is 16.8. The molecular formula is C23H27N3O3. The van der Waals surface area contributed by atoms with Crippen LogP contribution in [0.25, 0.3) is 11.1 Å². The van der Waals surface area contributed by atoms with Crippen LogP contribution >= 0.6 is 0 Å². The Morgan fingerprint density at radius 1 is 1.14 bits per heavy atom. The lowest BCUT2D eigenvalue weighted by Crippen LogP contribution is -2.59. The van der Waals surface area contributed by atoms with E-state index >= 15 is 0 Å². The van der Waals surface area contributed by atoms with Crippen LogP contribution < -0.4 is 10.1 Å². The number of benzene rings is 2. The van der Waals surface area contributed by atoms with E-state index in [1.54, 1.807) is 0 Å². The molecule has 5 rings (SSSR count). The lowest BCUT2D eigenvalue weighted by Gasteiger charge is -2.45. The number of morpholine rings is 1. The summed E-state index contributed by atoms with van der Waals surface area (Å²) >= 11 is 0. The minimum absolute atomic E-state index is 0.0860. The number of anilines is 1. The van der Waals surface area contributed by atoms with Crippen molar-refractivity contribution in [3.05, 3.63) is 48.0 Å². The molecule has 2 amide bonds. The van der Waals surface area contributed by atoms with Crippen LogP contribution in [0.2, 0.25) is 0 Å². The van der Waals surface area contributed by atoms with Gasteiger partial charge in [-0.1, -0.05) is 18.2 Å². The highest BCUT2D eigenvalue weighted by Gasteiger charge is 2.36. The van der Waals surface area contributed by atoms with Gasteiger partial charge in [0.25, 0.3) is 0 Å². The maximum absolute atomic E-state index is 12.9. The van der Waals surface area contributed by atoms with E-state index in [4.69, 9.17) is 9.47 Å². The lowest BCUT2D eigenvalue weighted by atomic mass is 9.99. The van der Waals surface area contributed by atoms with E-state index < -0.39 is 0 Å². The maximum atomic E-state index is 12.9. The molecular weight excluding hydrogens is 366 g/mol. The molecule has 3 atom stereocenters. The highest BCUT2D eigenvalue weighted by atomic mass is 16.5. The van der Waals surface area contributed by atoms with E-state index in [9.17, 15) is 4.79 Å². The molecule has 2 saturated heterocycles. The van der Waals surface area contributed by atoms with Crippen LogP contribution in [0.1, 0.15) is 12.0 Å². The van der Waals surface area contributed by atoms with Crippen molar-refractivity contribution in [2.75, 3.05) is 45.2 Å². The summed E-state index contributed by atoms with van der Waals surface area (Å²) in [7, 11) is 1.87. The smallest absolute Gasteiger partial charge is 0.321 e. The first kappa shape index (κ1) is 18.5. The number of rotatable bonds is 3. The normalized spacial score (nSPS) is 25.1. The van der Waals surface area contributed by atoms with E-state index in [1.165, 1.54) is 5.56 Å². The molecule has 0 radical (unpaired) electrons. The molecule has 0 aromatic heterocycles. The predicted molar refractivity (Wildman–Crippen MR) is 112 cm³/mol. The van der Waals surface area contributed by atoms with Gasteiger partial charge in [-0.05, 0) is 47.4 Å². The van der Waals surface area contributed by atoms with Crippen LogP contribution in [0, 0.1) is 0 Å². The number of carbonyl (C=O) groups excluding carboxylic acids is 1. The topological polar surface area (TPSA) is 54.0 Å². The largest absolute Gasteiger partial charge is 0.493 e. The fourth-order valence-electron chi connectivity index (χ4n) is 4.62. The lowest BCUT2D eigenvalue weighted by molar-refractivity contribution is -0.0878. The number of hydrogen-bond acceptors (Lipinski definition) is 4. The number of hydrogen-bond donors (Lipinski definition) is 1. The number of likely N-dealkylation sites (N-methyl/N-ethyl adjacent to an activating group) is 1. The van der Waals surface area contributed by atoms with Crippen molar-refractivity contribution < 1.29 is 14.3 Å². The molecule has 0 aliphatic carbocycles. The summed E-state index contributed by atoms with van der Waals surface area (Å²) in [5.41, 5.74) is 4.28. The van der Waals surface area contributed by atoms with Crippen molar-refractivity contribution in [1.29, 1.82) is 0 Å². The number of carbonyl (C=O) groups is 1. The van der Waals surface area contributed by atoms with E-state index in [2.05, 4.69) is 28.4 Å². The Morgan fingerprint density at radius 3 is 2.97 bits per heavy atom. The molecule has 3 aliphatic heterocycles. The SMILES string of the molecule is CN(C(=O)Nc1cccc(-c2ccc3c(c2)CCO3)c1)C1CCN2CCOC1C2. The monoisotopic (exact) mass is 393 g/mol. The Balaban J connectivity index is 1.29. The second-order valence-corrected chi connectivity index (χ2v) is 8.11. The third-order valence-corrected chi connectivity index (χ3v) is 6.30. The Kier molecular flexibility index (Phi) is 4.89. The molecule has 3 unspecified atom stereocenters. The standard InChI is InChI=1S/C23H27N3O3/c1-25(20-7-9-26-10-12-29-22(20)15-26)23(27)24-19-4-2-3-16(14-19)17-5-6-21-18(13-17)8-11-28-21/h2-6,13-14,20,22H,7-12,15H2,1H3,(H,24,27). The molecule has 152 valence electrons. The van der Waals surface area contributed by atoms with Crippen molar-refractivity contribution >= 4 is 11.7 Å². The van der Waals surface area contributed by atoms with Crippen molar-refractivity contribution in [1.82, 2.24) is 9.80 Å². The first-order valence-corrected chi connectivity index (χ1v) is 10.4. The average Bonchev–Trinajstić information content (AvgIpc) is 3.22. The molecule has 2 aromatic rings. The second kappa shape index (κ2) is 7.69. The molecule has 6 nitrogen and oxygen atoms in total. The van der Waals surface area contributed by atoms with Crippen molar-refractivity contribution in [3.63, 3.8) is 0 Å². The molecule has 2 bridgehead atoms. The molecule has 0 saturated carbocycles. The van der Waals surface area contributed by atoms with Gasteiger partial charge in [-0.3, -0.25) is 4.90 Å². The average molecular weight is 393 g/mol. The minimum Gasteiger partial charge on any atom is -0.493 e. The molecule has 6 heteroatoms. The summed E-state index contributed by atoms with van der Waals surface area (Å²) in [4.78, 5) is 17.1. The van der Waals surface area contributed by atoms with Gasteiger partial charge in [0.1, 0.15) is 5.75 Å². The quantitative estimate of drug-likeness (QED) is 0.870. The van der Waals surface area contributed by atoms with Gasteiger partial charge in [0.2, 0.25) is 0 Å². The highest BCUT2D eigenvalue weighted by Crippen LogP contribution is 2.31. The summed E-state index contributed by atoms with van der Waals surface area (Å²) in [5.74, 6) is 0.982. The molecule has 2 aromatic carbocycles. The van der Waals surface area contributed by atoms with Gasteiger partial charge < -0.3 is 19.7 Å². The fraction of sp³-hybridized carbons (Fsp3) is 0.435. The number of ether oxygens (including phenoxy) is 2. The zero-order chi connectivity index (χ0) is 19.8. The maximum Gasteiger partial charge on any atom is 0.321 e. The first-order chi connectivity index (χ1) is 14.2. The number of urea groups is 1. The van der Waals surface area contributed by atoms with E-state index in [-0.39, 0.29) is 18.2 Å². The van der Waals surface area contributed by atoms with Gasteiger partial charge in [0.15, 0.2) is 0 Å². The molecule has 1 N–H and O–H groups in total. The van der Waals surface area contributed by atoms with Gasteiger partial charge in [0, 0.05) is 38.8 Å². The predicted octanol–water partition coefficient (Wildman–Crippen LogP) is 3.23. The molecule has 2 fully saturated rings. The van der Waals surface area contributed by atoms with Gasteiger partial charge in [-0.2, -0.15) is 0 Å². The molecule has 3 heterocycles. The molecule has 0 spiro atoms. The summed E-state index contributed by atoms with van der Waals surface area (Å²) in [6.45, 7) is 4.45. The Bertz CT molecular complexity index is 916. The van der Waals surface area contributed by atoms with Gasteiger partial charge >= 0.3 is 6.03 Å². The molecule has 29 heavy (non-hydrogen) atoms. The summed E-state index contributed by atoms with van der Waals surface area (Å²) in [6.07, 6.45) is 2.01. The third kappa shape index (κ3) is 3.70. The number of piperidine rings is 1. The number of nitrogens with zero attached hydrogens (tertiary/aromatic N) is 2. The van der Waals surface area contributed by atoms with Crippen LogP contribution in [-0.2, 0) is 11.2 Å². The van der Waals surface area contributed by atoms with Crippen LogP contribution in [-0.4, -0.2) is 67.9 Å². The van der Waals surface area contributed by atoms with Crippen molar-refractivity contribution in [2.24, 2.45) is 0 Å². The Morgan fingerprint density at radius 2 is 2.03 bits per heavy atom. The number of fused-ring (bicyclic) bond motifs is 3. The highest BCUT2D eigenvalue weighted by molar-refractivity contribution is 5.90. The first-order valence-electron chi connectivity index (χ1n) is 10.4. The fourth-order valence-corrected chi connectivity index (χ4v) is 4.62. The summed E-state index contributed by atoms with van der Waals surface area (Å²) in [5, 5.41) is 3.07. The van der Waals surface area contributed by atoms with Crippen molar-refractivity contribution in [2.45, 2.75) is 25.0 Å². The van der Waals surface area contributed by atoms with E-state index in [0.29, 0.717) is 0 Å². The van der Waals surface area contributed by atoms with Gasteiger partial charge in [-0.15, -0.1) is 0 Å². The summed E-state index contributed by atoms with van der Waals surface area (Å²) < 4.78 is 11.5. The Hall–Kier alpha value is -2.57. The number of amides is 2. The van der Waals surface area contributed by atoms with Crippen LogP contribution in [0.5, 0.6) is 5.75 Å². The molecule has 3 aliphatic rings. The van der Waals surface area contributed by atoms with E-state index in [0.717, 1.165) is 68.3 Å². The van der Waals surface area contributed by atoms with Crippen LogP contribution in [0.15, 0.2) is 42.5 Å². The summed E-state index contributed by atoms with van der Waals surface area (Å²) in [6, 6.07) is 14.3. The van der Waals surface area contributed by atoms with Gasteiger partial charge in [0.05, 0.1) is 25.4 Å². The zero-order valence-corrected chi connectivity index (χ0v) is 16.8. The Labute approximate surface area is 171 Å². The number of nitrogens with one attached hydrogen (secondary N) is 1. The van der Waals surface area contributed by atoms with Crippen molar-refractivity contribution in [3.8, 4) is 16.9 Å². The second-order valence-electron chi connectivity index (χ2n) is 8.11.